The van der Waals surface area contributed by atoms with E-state index >= 15 is 0 Å². The summed E-state index contributed by atoms with van der Waals surface area (Å²) in [6.45, 7) is 1.84. The van der Waals surface area contributed by atoms with Crippen LogP contribution in [-0.2, 0) is 0 Å². The average Bonchev–Trinajstić information content (AvgIpc) is 3.61. The molecule has 4 heterocycles. The lowest BCUT2D eigenvalue weighted by atomic mass is 10.1. The monoisotopic (exact) mass is 485 g/mol. The SMILES string of the molecule is Cc1occc1-c1nc2s/c(=C/c3cn(-c4ccccc4)nc3-c3ccc(Cl)cc3)c(=O)n2n1. The van der Waals surface area contributed by atoms with E-state index in [9.17, 15) is 4.79 Å². The van der Waals surface area contributed by atoms with Gasteiger partial charge in [0.15, 0.2) is 5.82 Å². The Morgan fingerprint density at radius 2 is 1.82 bits per heavy atom. The third-order valence-electron chi connectivity index (χ3n) is 5.45. The summed E-state index contributed by atoms with van der Waals surface area (Å²) in [5.74, 6) is 1.18. The molecule has 0 unspecified atom stereocenters. The molecule has 0 N–H and O–H groups in total. The molecule has 4 aromatic heterocycles. The van der Waals surface area contributed by atoms with Crippen LogP contribution in [0.15, 0.2) is 82.3 Å². The fourth-order valence-corrected chi connectivity index (χ4v) is 4.77. The fraction of sp³-hybridized carbons (Fsp3) is 0.0400. The Morgan fingerprint density at radius 3 is 2.53 bits per heavy atom. The summed E-state index contributed by atoms with van der Waals surface area (Å²) in [4.78, 5) is 18.2. The van der Waals surface area contributed by atoms with Gasteiger partial charge in [-0.3, -0.25) is 4.79 Å². The maximum absolute atomic E-state index is 13.1. The number of benzene rings is 2. The third-order valence-corrected chi connectivity index (χ3v) is 6.66. The van der Waals surface area contributed by atoms with Crippen molar-refractivity contribution in [3.05, 3.63) is 104 Å². The van der Waals surface area contributed by atoms with Crippen molar-refractivity contribution < 1.29 is 4.42 Å². The number of aromatic nitrogens is 5. The molecule has 0 fully saturated rings. The van der Waals surface area contributed by atoms with E-state index in [0.717, 1.165) is 28.1 Å². The molecular formula is C25H16ClN5O2S. The van der Waals surface area contributed by atoms with Crippen LogP contribution in [-0.4, -0.2) is 24.4 Å². The van der Waals surface area contributed by atoms with Crippen molar-refractivity contribution in [1.82, 2.24) is 24.4 Å². The number of hydrogen-bond donors (Lipinski definition) is 0. The summed E-state index contributed by atoms with van der Waals surface area (Å²) in [6, 6.07) is 19.1. The second-order valence-electron chi connectivity index (χ2n) is 7.66. The molecule has 7 nitrogen and oxygen atoms in total. The van der Waals surface area contributed by atoms with E-state index in [1.54, 1.807) is 17.0 Å². The zero-order chi connectivity index (χ0) is 23.2. The first-order chi connectivity index (χ1) is 16.6. The predicted molar refractivity (Wildman–Crippen MR) is 132 cm³/mol. The van der Waals surface area contributed by atoms with Crippen LogP contribution in [0.2, 0.25) is 5.02 Å². The molecule has 0 bridgehead atoms. The summed E-state index contributed by atoms with van der Waals surface area (Å²) >= 11 is 7.37. The highest BCUT2D eigenvalue weighted by molar-refractivity contribution is 7.15. The summed E-state index contributed by atoms with van der Waals surface area (Å²) in [7, 11) is 0. The van der Waals surface area contributed by atoms with Gasteiger partial charge in [-0.1, -0.05) is 53.3 Å². The van der Waals surface area contributed by atoms with Gasteiger partial charge in [-0.15, -0.1) is 5.10 Å². The molecule has 0 saturated carbocycles. The first-order valence-electron chi connectivity index (χ1n) is 10.4. The van der Waals surface area contributed by atoms with Gasteiger partial charge in [-0.25, -0.2) is 4.68 Å². The van der Waals surface area contributed by atoms with E-state index in [0.29, 0.717) is 26.1 Å². The van der Waals surface area contributed by atoms with Crippen LogP contribution in [0, 0.1) is 6.92 Å². The van der Waals surface area contributed by atoms with E-state index in [-0.39, 0.29) is 5.56 Å². The minimum atomic E-state index is -0.227. The van der Waals surface area contributed by atoms with Gasteiger partial charge in [0, 0.05) is 22.3 Å². The standard InChI is InChI=1S/C25H16ClN5O2S/c1-15-20(11-12-33-15)23-27-25-31(29-23)24(32)21(34-25)13-17-14-30(19-5-3-2-4-6-19)28-22(17)16-7-9-18(26)10-8-16/h2-14H,1H3/b21-13+. The fourth-order valence-electron chi connectivity index (χ4n) is 3.74. The average molecular weight is 486 g/mol. The molecule has 0 aliphatic carbocycles. The van der Waals surface area contributed by atoms with Crippen molar-refractivity contribution in [2.75, 3.05) is 0 Å². The van der Waals surface area contributed by atoms with Gasteiger partial charge in [-0.2, -0.15) is 14.6 Å². The second-order valence-corrected chi connectivity index (χ2v) is 9.10. The first-order valence-corrected chi connectivity index (χ1v) is 11.6. The van der Waals surface area contributed by atoms with Gasteiger partial charge in [0.1, 0.15) is 11.5 Å². The van der Waals surface area contributed by atoms with Crippen molar-refractivity contribution in [2.45, 2.75) is 6.92 Å². The molecule has 0 saturated heterocycles. The highest BCUT2D eigenvalue weighted by Crippen LogP contribution is 2.26. The van der Waals surface area contributed by atoms with Gasteiger partial charge >= 0.3 is 0 Å². The number of fused-ring (bicyclic) bond motifs is 1. The quantitative estimate of drug-likeness (QED) is 0.359. The van der Waals surface area contributed by atoms with E-state index < -0.39 is 0 Å². The van der Waals surface area contributed by atoms with Gasteiger partial charge in [0.25, 0.3) is 5.56 Å². The molecule has 0 aliphatic rings. The number of thiazole rings is 1. The molecular weight excluding hydrogens is 470 g/mol. The van der Waals surface area contributed by atoms with Gasteiger partial charge in [0.2, 0.25) is 4.96 Å². The number of nitrogens with zero attached hydrogens (tertiary/aromatic N) is 5. The van der Waals surface area contributed by atoms with Crippen molar-refractivity contribution in [3.8, 4) is 28.3 Å². The number of halogens is 1. The van der Waals surface area contributed by atoms with Crippen molar-refractivity contribution in [3.63, 3.8) is 0 Å². The first kappa shape index (κ1) is 20.6. The molecule has 166 valence electrons. The Morgan fingerprint density at radius 1 is 1.03 bits per heavy atom. The highest BCUT2D eigenvalue weighted by Gasteiger charge is 2.16. The summed E-state index contributed by atoms with van der Waals surface area (Å²) in [5.41, 5.74) is 3.91. The minimum absolute atomic E-state index is 0.227. The normalized spacial score (nSPS) is 12.1. The van der Waals surface area contributed by atoms with Crippen LogP contribution >= 0.6 is 22.9 Å². The molecule has 9 heteroatoms. The lowest BCUT2D eigenvalue weighted by molar-refractivity contribution is 0.535. The van der Waals surface area contributed by atoms with Crippen LogP contribution in [0.25, 0.3) is 39.4 Å². The van der Waals surface area contributed by atoms with Crippen LogP contribution in [0.5, 0.6) is 0 Å². The Balaban J connectivity index is 1.50. The number of para-hydroxylation sites is 1. The van der Waals surface area contributed by atoms with Crippen molar-refractivity contribution >= 4 is 34.0 Å². The second kappa shape index (κ2) is 8.09. The maximum atomic E-state index is 13.1. The lowest BCUT2D eigenvalue weighted by Crippen LogP contribution is -2.23. The van der Waals surface area contributed by atoms with Crippen molar-refractivity contribution in [2.24, 2.45) is 0 Å². The predicted octanol–water partition coefficient (Wildman–Crippen LogP) is 4.77. The van der Waals surface area contributed by atoms with E-state index in [4.69, 9.17) is 21.1 Å². The zero-order valence-corrected chi connectivity index (χ0v) is 19.4. The smallest absolute Gasteiger partial charge is 0.291 e. The summed E-state index contributed by atoms with van der Waals surface area (Å²) in [6.07, 6.45) is 5.33. The molecule has 0 aliphatic heterocycles. The molecule has 34 heavy (non-hydrogen) atoms. The summed E-state index contributed by atoms with van der Waals surface area (Å²) in [5, 5.41) is 9.86. The van der Waals surface area contributed by atoms with Crippen LogP contribution < -0.4 is 10.1 Å². The largest absolute Gasteiger partial charge is 0.469 e. The topological polar surface area (TPSA) is 78.2 Å². The Kier molecular flexibility index (Phi) is 4.90. The Labute approximate surface area is 202 Å². The number of furan rings is 1. The summed E-state index contributed by atoms with van der Waals surface area (Å²) < 4.78 is 9.00. The van der Waals surface area contributed by atoms with E-state index in [1.807, 2.05) is 73.8 Å². The van der Waals surface area contributed by atoms with Gasteiger partial charge < -0.3 is 4.42 Å². The van der Waals surface area contributed by atoms with Gasteiger partial charge in [0.05, 0.1) is 22.0 Å². The third kappa shape index (κ3) is 3.53. The Hall–Kier alpha value is -4.01. The van der Waals surface area contributed by atoms with Crippen LogP contribution in [0.1, 0.15) is 11.3 Å². The van der Waals surface area contributed by atoms with Crippen molar-refractivity contribution in [1.29, 1.82) is 0 Å². The molecule has 6 rings (SSSR count). The lowest BCUT2D eigenvalue weighted by Gasteiger charge is -2.00. The maximum Gasteiger partial charge on any atom is 0.291 e. The van der Waals surface area contributed by atoms with E-state index in [2.05, 4.69) is 10.1 Å². The van der Waals surface area contributed by atoms with Crippen LogP contribution in [0.3, 0.4) is 0 Å². The highest BCUT2D eigenvalue weighted by atomic mass is 35.5. The van der Waals surface area contributed by atoms with Gasteiger partial charge in [-0.05, 0) is 43.3 Å². The molecule has 0 atom stereocenters. The molecule has 0 amide bonds. The molecule has 6 aromatic rings. The molecule has 2 aromatic carbocycles. The zero-order valence-electron chi connectivity index (χ0n) is 17.8. The number of hydrogen-bond acceptors (Lipinski definition) is 6. The van der Waals surface area contributed by atoms with E-state index in [1.165, 1.54) is 15.9 Å². The molecule has 0 spiro atoms. The number of rotatable bonds is 4. The van der Waals surface area contributed by atoms with Crippen LogP contribution in [0.4, 0.5) is 0 Å². The number of aryl methyl sites for hydroxylation is 1. The minimum Gasteiger partial charge on any atom is -0.469 e. The molecule has 0 radical (unpaired) electrons. The Bertz CT molecular complexity index is 1750.